The lowest BCUT2D eigenvalue weighted by Gasteiger charge is -2.21. The maximum atomic E-state index is 12.4. The topological polar surface area (TPSA) is 66.6 Å². The fraction of sp³-hybridized carbons (Fsp3) is 0.467. The van der Waals surface area contributed by atoms with Crippen LogP contribution in [-0.4, -0.2) is 54.3 Å². The summed E-state index contributed by atoms with van der Waals surface area (Å²) in [5.74, 6) is -0.255. The average molecular weight is 310 g/mol. The molecule has 0 aromatic heterocycles. The third-order valence-electron chi connectivity index (χ3n) is 3.62. The number of nitrogens with two attached hydrogens (primary N) is 1. The van der Waals surface area contributed by atoms with E-state index in [1.54, 1.807) is 6.07 Å². The van der Waals surface area contributed by atoms with Crippen molar-refractivity contribution < 1.29 is 9.59 Å². The van der Waals surface area contributed by atoms with Gasteiger partial charge in [0.1, 0.15) is 0 Å². The summed E-state index contributed by atoms with van der Waals surface area (Å²) in [6, 6.07) is 7.40. The molecular weight excluding hydrogens is 290 g/mol. The van der Waals surface area contributed by atoms with Gasteiger partial charge in [-0.05, 0) is 18.1 Å². The van der Waals surface area contributed by atoms with Gasteiger partial charge in [-0.15, -0.1) is 0 Å². The van der Waals surface area contributed by atoms with Gasteiger partial charge in [-0.25, -0.2) is 0 Å². The molecule has 2 amide bonds. The highest BCUT2D eigenvalue weighted by Gasteiger charge is 2.20. The first kappa shape index (κ1) is 15.8. The Hall–Kier alpha value is -1.59. The number of carbonyl (C=O) groups is 2. The summed E-state index contributed by atoms with van der Waals surface area (Å²) in [4.78, 5) is 27.1. The van der Waals surface area contributed by atoms with E-state index in [0.717, 1.165) is 18.5 Å². The van der Waals surface area contributed by atoms with E-state index in [4.69, 9.17) is 17.3 Å². The first-order chi connectivity index (χ1) is 10.1. The maximum absolute atomic E-state index is 12.4. The highest BCUT2D eigenvalue weighted by atomic mass is 35.5. The van der Waals surface area contributed by atoms with Gasteiger partial charge in [0.15, 0.2) is 0 Å². The molecule has 5 nitrogen and oxygen atoms in total. The Labute approximate surface area is 129 Å². The normalized spacial score (nSPS) is 16.5. The first-order valence-corrected chi connectivity index (χ1v) is 7.46. The molecule has 21 heavy (non-hydrogen) atoms. The second-order valence-corrected chi connectivity index (χ2v) is 5.65. The van der Waals surface area contributed by atoms with Crippen LogP contribution in [0, 0.1) is 0 Å². The summed E-state index contributed by atoms with van der Waals surface area (Å²) < 4.78 is 0. The Morgan fingerprint density at radius 1 is 1.14 bits per heavy atom. The Kier molecular flexibility index (Phi) is 5.59. The lowest BCUT2D eigenvalue weighted by molar-refractivity contribution is -0.130. The van der Waals surface area contributed by atoms with Crippen LogP contribution in [0.3, 0.4) is 0 Å². The minimum atomic E-state index is -0.328. The van der Waals surface area contributed by atoms with Crippen molar-refractivity contribution in [3.05, 3.63) is 34.9 Å². The molecule has 1 saturated heterocycles. The van der Waals surface area contributed by atoms with Crippen molar-refractivity contribution in [3.8, 4) is 0 Å². The molecule has 0 saturated carbocycles. The van der Waals surface area contributed by atoms with Crippen molar-refractivity contribution >= 4 is 23.4 Å². The van der Waals surface area contributed by atoms with E-state index in [-0.39, 0.29) is 18.4 Å². The van der Waals surface area contributed by atoms with Crippen LogP contribution in [0.15, 0.2) is 24.3 Å². The van der Waals surface area contributed by atoms with E-state index in [2.05, 4.69) is 0 Å². The predicted molar refractivity (Wildman–Crippen MR) is 82.0 cm³/mol. The molecule has 0 aliphatic carbocycles. The molecule has 2 N–H and O–H groups in total. The molecule has 0 radical (unpaired) electrons. The number of benzene rings is 1. The van der Waals surface area contributed by atoms with Gasteiger partial charge in [-0.1, -0.05) is 29.8 Å². The summed E-state index contributed by atoms with van der Waals surface area (Å²) in [5, 5.41) is 0.621. The molecule has 2 rings (SSSR count). The van der Waals surface area contributed by atoms with Crippen LogP contribution in [0.4, 0.5) is 0 Å². The number of amides is 2. The van der Waals surface area contributed by atoms with Gasteiger partial charge >= 0.3 is 0 Å². The van der Waals surface area contributed by atoms with Gasteiger partial charge in [0.05, 0.1) is 13.0 Å². The smallest absolute Gasteiger partial charge is 0.231 e. The van der Waals surface area contributed by atoms with Crippen LogP contribution in [-0.2, 0) is 16.0 Å². The third kappa shape index (κ3) is 4.72. The summed E-state index contributed by atoms with van der Waals surface area (Å²) in [6.07, 6.45) is 1.16. The van der Waals surface area contributed by atoms with Crippen molar-refractivity contribution in [1.82, 2.24) is 9.80 Å². The SMILES string of the molecule is NC(=O)CN1CCCN(C(=O)Cc2ccccc2Cl)CC1. The van der Waals surface area contributed by atoms with Crippen molar-refractivity contribution in [2.75, 3.05) is 32.7 Å². The summed E-state index contributed by atoms with van der Waals surface area (Å²) in [7, 11) is 0. The standard InChI is InChI=1S/C15H20ClN3O2/c16-13-5-2-1-4-12(13)10-15(21)19-7-3-6-18(8-9-19)11-14(17)20/h1-2,4-5H,3,6-11H2,(H2,17,20). The molecule has 1 aliphatic heterocycles. The number of halogens is 1. The summed E-state index contributed by atoms with van der Waals surface area (Å²) >= 11 is 6.09. The summed E-state index contributed by atoms with van der Waals surface area (Å²) in [5.41, 5.74) is 6.06. The van der Waals surface area contributed by atoms with Crippen molar-refractivity contribution in [2.24, 2.45) is 5.73 Å². The fourth-order valence-electron chi connectivity index (χ4n) is 2.52. The largest absolute Gasteiger partial charge is 0.369 e. The zero-order valence-electron chi connectivity index (χ0n) is 11.9. The number of rotatable bonds is 4. The van der Waals surface area contributed by atoms with Crippen LogP contribution in [0.2, 0.25) is 5.02 Å². The Balaban J connectivity index is 1.91. The van der Waals surface area contributed by atoms with Crippen molar-refractivity contribution in [2.45, 2.75) is 12.8 Å². The molecule has 1 fully saturated rings. The lowest BCUT2D eigenvalue weighted by Crippen LogP contribution is -2.38. The number of nitrogens with zero attached hydrogens (tertiary/aromatic N) is 2. The monoisotopic (exact) mass is 309 g/mol. The van der Waals surface area contributed by atoms with E-state index >= 15 is 0 Å². The van der Waals surface area contributed by atoms with E-state index in [9.17, 15) is 9.59 Å². The molecular formula is C15H20ClN3O2. The Bertz CT molecular complexity index is 521. The van der Waals surface area contributed by atoms with Crippen LogP contribution >= 0.6 is 11.6 Å². The highest BCUT2D eigenvalue weighted by molar-refractivity contribution is 6.31. The zero-order valence-corrected chi connectivity index (χ0v) is 12.7. The third-order valence-corrected chi connectivity index (χ3v) is 3.99. The van der Waals surface area contributed by atoms with Crippen molar-refractivity contribution in [3.63, 3.8) is 0 Å². The van der Waals surface area contributed by atoms with Crippen LogP contribution < -0.4 is 5.73 Å². The highest BCUT2D eigenvalue weighted by Crippen LogP contribution is 2.16. The minimum Gasteiger partial charge on any atom is -0.369 e. The molecule has 1 aromatic carbocycles. The molecule has 6 heteroatoms. The lowest BCUT2D eigenvalue weighted by atomic mass is 10.1. The first-order valence-electron chi connectivity index (χ1n) is 7.08. The Morgan fingerprint density at radius 3 is 2.62 bits per heavy atom. The molecule has 0 spiro atoms. The van der Waals surface area contributed by atoms with Gasteiger partial charge in [-0.2, -0.15) is 0 Å². The van der Waals surface area contributed by atoms with Gasteiger partial charge in [0.2, 0.25) is 11.8 Å². The number of primary amides is 1. The van der Waals surface area contributed by atoms with Crippen LogP contribution in [0.1, 0.15) is 12.0 Å². The fourth-order valence-corrected chi connectivity index (χ4v) is 2.72. The van der Waals surface area contributed by atoms with Gasteiger partial charge in [0, 0.05) is 31.2 Å². The molecule has 0 unspecified atom stereocenters. The van der Waals surface area contributed by atoms with Gasteiger partial charge in [-0.3, -0.25) is 14.5 Å². The minimum absolute atomic E-state index is 0.0732. The van der Waals surface area contributed by atoms with Gasteiger partial charge in [0.25, 0.3) is 0 Å². The maximum Gasteiger partial charge on any atom is 0.231 e. The van der Waals surface area contributed by atoms with E-state index in [1.807, 2.05) is 28.0 Å². The molecule has 114 valence electrons. The molecule has 0 atom stereocenters. The molecule has 1 heterocycles. The number of carbonyl (C=O) groups excluding carboxylic acids is 2. The van der Waals surface area contributed by atoms with E-state index < -0.39 is 0 Å². The molecule has 1 aromatic rings. The van der Waals surface area contributed by atoms with Crippen molar-refractivity contribution in [1.29, 1.82) is 0 Å². The average Bonchev–Trinajstić information content (AvgIpc) is 2.66. The van der Waals surface area contributed by atoms with E-state index in [1.165, 1.54) is 0 Å². The quantitative estimate of drug-likeness (QED) is 0.898. The summed E-state index contributed by atoms with van der Waals surface area (Å²) in [6.45, 7) is 3.05. The van der Waals surface area contributed by atoms with Crippen LogP contribution in [0.5, 0.6) is 0 Å². The van der Waals surface area contributed by atoms with Crippen LogP contribution in [0.25, 0.3) is 0 Å². The number of hydrogen-bond acceptors (Lipinski definition) is 3. The Morgan fingerprint density at radius 2 is 1.90 bits per heavy atom. The van der Waals surface area contributed by atoms with E-state index in [0.29, 0.717) is 31.1 Å². The second-order valence-electron chi connectivity index (χ2n) is 5.24. The predicted octanol–water partition coefficient (Wildman–Crippen LogP) is 0.902. The molecule has 0 bridgehead atoms. The van der Waals surface area contributed by atoms with Gasteiger partial charge < -0.3 is 10.6 Å². The zero-order chi connectivity index (χ0) is 15.2. The second kappa shape index (κ2) is 7.43. The molecule has 1 aliphatic rings. The number of hydrogen-bond donors (Lipinski definition) is 1.